The summed E-state index contributed by atoms with van der Waals surface area (Å²) in [5, 5.41) is 9.15. The summed E-state index contributed by atoms with van der Waals surface area (Å²) in [5.41, 5.74) is 12.4. The summed E-state index contributed by atoms with van der Waals surface area (Å²) >= 11 is 7.09. The second-order valence-corrected chi connectivity index (χ2v) is 10.1. The van der Waals surface area contributed by atoms with Crippen LogP contribution in [-0.4, -0.2) is 17.1 Å². The van der Waals surface area contributed by atoms with Crippen molar-refractivity contribution < 1.29 is 14.6 Å². The van der Waals surface area contributed by atoms with Gasteiger partial charge in [0.15, 0.2) is 0 Å². The van der Waals surface area contributed by atoms with Crippen LogP contribution in [0.3, 0.4) is 0 Å². The molecule has 152 valence electrons. The number of rotatable bonds is 6. The molecular formula is C21H24I3NO3. The number of hydrogen-bond acceptors (Lipinski definition) is 3. The van der Waals surface area contributed by atoms with Crippen LogP contribution in [0.15, 0.2) is 6.07 Å². The third kappa shape index (κ3) is 4.77. The van der Waals surface area contributed by atoms with Crippen LogP contribution >= 0.6 is 67.8 Å². The van der Waals surface area contributed by atoms with Crippen LogP contribution in [0.25, 0.3) is 0 Å². The molecular weight excluding hydrogens is 695 g/mol. The molecule has 0 radical (unpaired) electrons. The standard InChI is InChI=1S/C21H24I3NO3/c1-6-13-17(22)11(4)20(12(5)18(13)23)28-16-7-9(2)14(10(3)19(16)24)8-15(25)21(26)27/h7,15H,6,8,25H2,1-5H3,(H,26,27). The van der Waals surface area contributed by atoms with Crippen molar-refractivity contribution in [1.82, 2.24) is 0 Å². The van der Waals surface area contributed by atoms with Crippen molar-refractivity contribution in [1.29, 1.82) is 0 Å². The smallest absolute Gasteiger partial charge is 0.320 e. The van der Waals surface area contributed by atoms with Crippen LogP contribution < -0.4 is 10.5 Å². The summed E-state index contributed by atoms with van der Waals surface area (Å²) in [7, 11) is 0. The van der Waals surface area contributed by atoms with Gasteiger partial charge in [-0.1, -0.05) is 6.92 Å². The fraction of sp³-hybridized carbons (Fsp3) is 0.381. The summed E-state index contributed by atoms with van der Waals surface area (Å²) in [6, 6.07) is 1.08. The summed E-state index contributed by atoms with van der Waals surface area (Å²) in [6.07, 6.45) is 1.30. The van der Waals surface area contributed by atoms with Crippen LogP contribution in [0, 0.1) is 38.4 Å². The molecule has 28 heavy (non-hydrogen) atoms. The Morgan fingerprint density at radius 2 is 1.57 bits per heavy atom. The number of aliphatic carboxylic acids is 1. The average Bonchev–Trinajstić information content (AvgIpc) is 2.64. The van der Waals surface area contributed by atoms with E-state index in [1.165, 1.54) is 12.7 Å². The summed E-state index contributed by atoms with van der Waals surface area (Å²) in [5.74, 6) is 0.712. The molecule has 0 heterocycles. The molecule has 0 bridgehead atoms. The molecule has 0 fully saturated rings. The van der Waals surface area contributed by atoms with Crippen LogP contribution in [-0.2, 0) is 17.6 Å². The number of benzene rings is 2. The predicted molar refractivity (Wildman–Crippen MR) is 139 cm³/mol. The van der Waals surface area contributed by atoms with E-state index in [0.717, 1.165) is 49.3 Å². The molecule has 0 aliphatic heterocycles. The summed E-state index contributed by atoms with van der Waals surface area (Å²) in [4.78, 5) is 11.2. The first-order chi connectivity index (χ1) is 13.0. The lowest BCUT2D eigenvalue weighted by atomic mass is 9.96. The molecule has 0 saturated heterocycles. The van der Waals surface area contributed by atoms with E-state index in [0.29, 0.717) is 6.42 Å². The van der Waals surface area contributed by atoms with Crippen LogP contribution in [0.4, 0.5) is 0 Å². The number of aryl methyl sites for hydroxylation is 1. The van der Waals surface area contributed by atoms with Gasteiger partial charge in [0.25, 0.3) is 0 Å². The van der Waals surface area contributed by atoms with Crippen molar-refractivity contribution in [3.05, 3.63) is 50.2 Å². The Bertz CT molecular complexity index is 912. The molecule has 2 aromatic carbocycles. The minimum atomic E-state index is -0.986. The highest BCUT2D eigenvalue weighted by Gasteiger charge is 2.21. The van der Waals surface area contributed by atoms with Gasteiger partial charge >= 0.3 is 5.97 Å². The molecule has 0 aliphatic rings. The molecule has 3 N–H and O–H groups in total. The van der Waals surface area contributed by atoms with E-state index >= 15 is 0 Å². The first kappa shape index (κ1) is 24.1. The summed E-state index contributed by atoms with van der Waals surface area (Å²) < 4.78 is 9.92. The maximum absolute atomic E-state index is 11.2. The van der Waals surface area contributed by atoms with Crippen molar-refractivity contribution >= 4 is 73.7 Å². The molecule has 0 spiro atoms. The topological polar surface area (TPSA) is 72.5 Å². The fourth-order valence-corrected chi connectivity index (χ4v) is 6.16. The van der Waals surface area contributed by atoms with E-state index in [-0.39, 0.29) is 0 Å². The summed E-state index contributed by atoms with van der Waals surface area (Å²) in [6.45, 7) is 10.4. The molecule has 1 unspecified atom stereocenters. The number of hydrogen-bond donors (Lipinski definition) is 2. The Morgan fingerprint density at radius 1 is 1.04 bits per heavy atom. The Morgan fingerprint density at radius 3 is 2.04 bits per heavy atom. The normalized spacial score (nSPS) is 12.2. The van der Waals surface area contributed by atoms with Crippen LogP contribution in [0.2, 0.25) is 0 Å². The van der Waals surface area contributed by atoms with Crippen LogP contribution in [0.5, 0.6) is 11.5 Å². The lowest BCUT2D eigenvalue weighted by Gasteiger charge is -2.21. The van der Waals surface area contributed by atoms with E-state index in [1.807, 2.05) is 19.9 Å². The molecule has 0 saturated carbocycles. The van der Waals surface area contributed by atoms with Gasteiger partial charge < -0.3 is 15.6 Å². The van der Waals surface area contributed by atoms with Gasteiger partial charge in [-0.2, -0.15) is 0 Å². The third-order valence-corrected chi connectivity index (χ3v) is 9.26. The van der Waals surface area contributed by atoms with Gasteiger partial charge in [0.2, 0.25) is 0 Å². The molecule has 0 aromatic heterocycles. The number of carboxylic acids is 1. The van der Waals surface area contributed by atoms with E-state index in [1.54, 1.807) is 0 Å². The maximum Gasteiger partial charge on any atom is 0.320 e. The quantitative estimate of drug-likeness (QED) is 0.358. The minimum absolute atomic E-state index is 0.308. The second kappa shape index (κ2) is 9.78. The van der Waals surface area contributed by atoms with E-state index in [2.05, 4.69) is 88.5 Å². The zero-order valence-electron chi connectivity index (χ0n) is 16.5. The molecule has 4 nitrogen and oxygen atoms in total. The number of ether oxygens (including phenoxy) is 1. The third-order valence-electron chi connectivity index (χ3n) is 5.00. The van der Waals surface area contributed by atoms with Crippen molar-refractivity contribution in [3.8, 4) is 11.5 Å². The van der Waals surface area contributed by atoms with Crippen molar-refractivity contribution in [2.75, 3.05) is 0 Å². The van der Waals surface area contributed by atoms with Crippen LogP contribution in [0.1, 0.15) is 40.3 Å². The van der Waals surface area contributed by atoms with Gasteiger partial charge in [-0.3, -0.25) is 4.79 Å². The van der Waals surface area contributed by atoms with Gasteiger partial charge in [-0.15, -0.1) is 0 Å². The predicted octanol–water partition coefficient (Wildman–Crippen LogP) is 6.04. The van der Waals surface area contributed by atoms with Gasteiger partial charge in [0.1, 0.15) is 17.5 Å². The molecule has 2 rings (SSSR count). The zero-order valence-corrected chi connectivity index (χ0v) is 23.0. The SMILES string of the molecule is CCc1c(I)c(C)c(Oc2cc(C)c(CC(N)C(=O)O)c(C)c2I)c(C)c1I. The van der Waals surface area contributed by atoms with E-state index < -0.39 is 12.0 Å². The Hall–Kier alpha value is -0.140. The highest BCUT2D eigenvalue weighted by atomic mass is 127. The van der Waals surface area contributed by atoms with Crippen molar-refractivity contribution in [2.45, 2.75) is 53.5 Å². The first-order valence-corrected chi connectivity index (χ1v) is 12.2. The van der Waals surface area contributed by atoms with Crippen molar-refractivity contribution in [3.63, 3.8) is 0 Å². The maximum atomic E-state index is 11.2. The average molecular weight is 719 g/mol. The molecule has 2 aromatic rings. The lowest BCUT2D eigenvalue weighted by molar-refractivity contribution is -0.138. The molecule has 7 heteroatoms. The van der Waals surface area contributed by atoms with Gasteiger partial charge in [0.05, 0.1) is 3.57 Å². The number of nitrogens with two attached hydrogens (primary N) is 1. The molecule has 0 aliphatic carbocycles. The number of carboxylic acid groups (broad SMARTS) is 1. The monoisotopic (exact) mass is 719 g/mol. The molecule has 1 atom stereocenters. The minimum Gasteiger partial charge on any atom is -0.480 e. The lowest BCUT2D eigenvalue weighted by Crippen LogP contribution is -2.32. The number of halogens is 3. The molecule has 0 amide bonds. The fourth-order valence-electron chi connectivity index (χ4n) is 3.26. The number of carbonyl (C=O) groups is 1. The largest absolute Gasteiger partial charge is 0.480 e. The first-order valence-electron chi connectivity index (χ1n) is 8.92. The van der Waals surface area contributed by atoms with E-state index in [9.17, 15) is 4.79 Å². The Balaban J connectivity index is 2.53. The Labute approximate surface area is 207 Å². The Kier molecular flexibility index (Phi) is 8.43. The van der Waals surface area contributed by atoms with Gasteiger partial charge in [-0.25, -0.2) is 0 Å². The highest BCUT2D eigenvalue weighted by Crippen LogP contribution is 2.40. The second-order valence-electron chi connectivity index (χ2n) is 6.90. The van der Waals surface area contributed by atoms with Crippen molar-refractivity contribution in [2.24, 2.45) is 5.73 Å². The zero-order chi connectivity index (χ0) is 21.3. The van der Waals surface area contributed by atoms with E-state index in [4.69, 9.17) is 15.6 Å². The highest BCUT2D eigenvalue weighted by molar-refractivity contribution is 14.1. The van der Waals surface area contributed by atoms with Gasteiger partial charge in [-0.05, 0) is 137 Å². The van der Waals surface area contributed by atoms with Gasteiger partial charge in [0, 0.05) is 18.3 Å².